The predicted octanol–water partition coefficient (Wildman–Crippen LogP) is 4.17. The molecule has 1 N–H and O–H groups in total. The summed E-state index contributed by atoms with van der Waals surface area (Å²) in [5.41, 5.74) is -0.0174. The molecule has 114 valence electrons. The van der Waals surface area contributed by atoms with E-state index in [2.05, 4.69) is 5.32 Å². The highest BCUT2D eigenvalue weighted by molar-refractivity contribution is 5.28. The zero-order chi connectivity index (χ0) is 15.2. The Kier molecular flexibility index (Phi) is 6.49. The fourth-order valence-electron chi connectivity index (χ4n) is 2.12. The average Bonchev–Trinajstić information content (AvgIpc) is 2.39. The maximum atomic E-state index is 12.8. The van der Waals surface area contributed by atoms with Crippen molar-refractivity contribution in [3.63, 3.8) is 0 Å². The lowest BCUT2D eigenvalue weighted by Gasteiger charge is -2.26. The van der Waals surface area contributed by atoms with Crippen LogP contribution in [0.1, 0.15) is 44.4 Å². The minimum absolute atomic E-state index is 0.185. The molecule has 20 heavy (non-hydrogen) atoms. The SMILES string of the molecule is CCCNC(c1cccc(C(F)(F)F)c1)C(C)OCC. The number of ether oxygens (including phenoxy) is 1. The van der Waals surface area contributed by atoms with E-state index in [1.54, 1.807) is 6.07 Å². The van der Waals surface area contributed by atoms with Crippen molar-refractivity contribution in [3.8, 4) is 0 Å². The molecule has 2 unspecified atom stereocenters. The molecule has 0 aromatic heterocycles. The molecule has 0 aliphatic rings. The Morgan fingerprint density at radius 1 is 1.25 bits per heavy atom. The lowest BCUT2D eigenvalue weighted by Crippen LogP contribution is -2.32. The number of nitrogens with one attached hydrogen (secondary N) is 1. The highest BCUT2D eigenvalue weighted by Crippen LogP contribution is 2.31. The zero-order valence-corrected chi connectivity index (χ0v) is 12.1. The number of benzene rings is 1. The van der Waals surface area contributed by atoms with Gasteiger partial charge in [-0.3, -0.25) is 0 Å². The third-order valence-electron chi connectivity index (χ3n) is 3.09. The fraction of sp³-hybridized carbons (Fsp3) is 0.600. The quantitative estimate of drug-likeness (QED) is 0.813. The van der Waals surface area contributed by atoms with Crippen molar-refractivity contribution in [3.05, 3.63) is 35.4 Å². The van der Waals surface area contributed by atoms with Gasteiger partial charge < -0.3 is 10.1 Å². The molecule has 1 rings (SSSR count). The van der Waals surface area contributed by atoms with E-state index in [1.165, 1.54) is 12.1 Å². The summed E-state index contributed by atoms with van der Waals surface area (Å²) in [7, 11) is 0. The molecule has 0 fully saturated rings. The predicted molar refractivity (Wildman–Crippen MR) is 73.6 cm³/mol. The van der Waals surface area contributed by atoms with Crippen LogP contribution in [0.25, 0.3) is 0 Å². The topological polar surface area (TPSA) is 21.3 Å². The minimum atomic E-state index is -4.32. The van der Waals surface area contributed by atoms with Gasteiger partial charge in [0.2, 0.25) is 0 Å². The third-order valence-corrected chi connectivity index (χ3v) is 3.09. The summed E-state index contributed by atoms with van der Waals surface area (Å²) in [5.74, 6) is 0. The van der Waals surface area contributed by atoms with E-state index in [9.17, 15) is 13.2 Å². The van der Waals surface area contributed by atoms with Gasteiger partial charge in [0.05, 0.1) is 17.7 Å². The molecule has 2 atom stereocenters. The lowest BCUT2D eigenvalue weighted by atomic mass is 9.99. The molecular weight excluding hydrogens is 267 g/mol. The summed E-state index contributed by atoms with van der Waals surface area (Å²) in [4.78, 5) is 0. The highest BCUT2D eigenvalue weighted by atomic mass is 19.4. The number of hydrogen-bond donors (Lipinski definition) is 1. The van der Waals surface area contributed by atoms with Crippen LogP contribution in [-0.2, 0) is 10.9 Å². The molecule has 0 radical (unpaired) electrons. The van der Waals surface area contributed by atoms with E-state index < -0.39 is 11.7 Å². The molecule has 1 aromatic carbocycles. The first-order valence-corrected chi connectivity index (χ1v) is 6.92. The molecule has 5 heteroatoms. The summed E-state index contributed by atoms with van der Waals surface area (Å²) in [6.45, 7) is 7.03. The number of halogens is 3. The van der Waals surface area contributed by atoms with Gasteiger partial charge in [-0.2, -0.15) is 13.2 Å². The van der Waals surface area contributed by atoms with Crippen molar-refractivity contribution < 1.29 is 17.9 Å². The van der Waals surface area contributed by atoms with Gasteiger partial charge in [0.15, 0.2) is 0 Å². The second-order valence-corrected chi connectivity index (χ2v) is 4.72. The molecule has 0 amide bonds. The summed E-state index contributed by atoms with van der Waals surface area (Å²) in [5, 5.41) is 3.26. The Hall–Kier alpha value is -1.07. The number of hydrogen-bond acceptors (Lipinski definition) is 2. The second-order valence-electron chi connectivity index (χ2n) is 4.72. The Morgan fingerprint density at radius 2 is 1.95 bits per heavy atom. The van der Waals surface area contributed by atoms with Gasteiger partial charge in [-0.05, 0) is 44.5 Å². The molecule has 0 saturated heterocycles. The van der Waals surface area contributed by atoms with E-state index in [4.69, 9.17) is 4.74 Å². The standard InChI is InChI=1S/C15H22F3NO/c1-4-9-19-14(11(3)20-5-2)12-7-6-8-13(10-12)15(16,17)18/h6-8,10-11,14,19H,4-5,9H2,1-3H3. The first-order valence-electron chi connectivity index (χ1n) is 6.92. The van der Waals surface area contributed by atoms with Gasteiger partial charge in [-0.15, -0.1) is 0 Å². The average molecular weight is 289 g/mol. The molecule has 0 heterocycles. The summed E-state index contributed by atoms with van der Waals surface area (Å²) >= 11 is 0. The summed E-state index contributed by atoms with van der Waals surface area (Å²) < 4.78 is 43.9. The van der Waals surface area contributed by atoms with E-state index in [-0.39, 0.29) is 12.1 Å². The van der Waals surface area contributed by atoms with Gasteiger partial charge in [-0.25, -0.2) is 0 Å². The van der Waals surface area contributed by atoms with Gasteiger partial charge in [0.1, 0.15) is 0 Å². The Labute approximate surface area is 118 Å². The van der Waals surface area contributed by atoms with Crippen LogP contribution in [-0.4, -0.2) is 19.3 Å². The lowest BCUT2D eigenvalue weighted by molar-refractivity contribution is -0.137. The molecule has 0 aliphatic carbocycles. The van der Waals surface area contributed by atoms with Gasteiger partial charge in [0.25, 0.3) is 0 Å². The molecule has 0 bridgehead atoms. The first-order chi connectivity index (χ1) is 9.40. The number of alkyl halides is 3. The Balaban J connectivity index is 3.00. The van der Waals surface area contributed by atoms with E-state index in [1.807, 2.05) is 20.8 Å². The van der Waals surface area contributed by atoms with Crippen molar-refractivity contribution >= 4 is 0 Å². The monoisotopic (exact) mass is 289 g/mol. The Bertz CT molecular complexity index is 406. The minimum Gasteiger partial charge on any atom is -0.377 e. The molecule has 1 aromatic rings. The maximum Gasteiger partial charge on any atom is 0.416 e. The molecular formula is C15H22F3NO. The fourth-order valence-corrected chi connectivity index (χ4v) is 2.12. The van der Waals surface area contributed by atoms with E-state index >= 15 is 0 Å². The van der Waals surface area contributed by atoms with E-state index in [0.717, 1.165) is 19.0 Å². The molecule has 0 saturated carbocycles. The van der Waals surface area contributed by atoms with E-state index in [0.29, 0.717) is 12.2 Å². The first kappa shape index (κ1) is 17.0. The van der Waals surface area contributed by atoms with Crippen molar-refractivity contribution in [2.75, 3.05) is 13.2 Å². The highest BCUT2D eigenvalue weighted by Gasteiger charge is 2.31. The normalized spacial score (nSPS) is 15.1. The van der Waals surface area contributed by atoms with Crippen LogP contribution < -0.4 is 5.32 Å². The zero-order valence-electron chi connectivity index (χ0n) is 12.1. The van der Waals surface area contributed by atoms with Crippen molar-refractivity contribution in [1.82, 2.24) is 5.32 Å². The summed E-state index contributed by atoms with van der Waals surface area (Å²) in [6, 6.07) is 5.20. The second kappa shape index (κ2) is 7.64. The third kappa shape index (κ3) is 4.80. The van der Waals surface area contributed by atoms with Crippen LogP contribution in [0, 0.1) is 0 Å². The Morgan fingerprint density at radius 3 is 2.50 bits per heavy atom. The van der Waals surface area contributed by atoms with Crippen LogP contribution in [0.5, 0.6) is 0 Å². The molecule has 0 spiro atoms. The largest absolute Gasteiger partial charge is 0.416 e. The molecule has 2 nitrogen and oxygen atoms in total. The van der Waals surface area contributed by atoms with Gasteiger partial charge in [-0.1, -0.05) is 19.1 Å². The smallest absolute Gasteiger partial charge is 0.377 e. The van der Waals surface area contributed by atoms with Crippen LogP contribution in [0.2, 0.25) is 0 Å². The van der Waals surface area contributed by atoms with Crippen molar-refractivity contribution in [2.24, 2.45) is 0 Å². The summed E-state index contributed by atoms with van der Waals surface area (Å²) in [6.07, 6.45) is -3.59. The van der Waals surface area contributed by atoms with Crippen molar-refractivity contribution in [1.29, 1.82) is 0 Å². The molecule has 0 aliphatic heterocycles. The van der Waals surface area contributed by atoms with Crippen molar-refractivity contribution in [2.45, 2.75) is 45.5 Å². The van der Waals surface area contributed by atoms with Gasteiger partial charge in [0, 0.05) is 6.61 Å². The van der Waals surface area contributed by atoms with Crippen LogP contribution >= 0.6 is 0 Å². The number of rotatable bonds is 7. The maximum absolute atomic E-state index is 12.8. The van der Waals surface area contributed by atoms with Gasteiger partial charge >= 0.3 is 6.18 Å². The van der Waals surface area contributed by atoms with Crippen LogP contribution in [0.15, 0.2) is 24.3 Å². The van der Waals surface area contributed by atoms with Crippen LogP contribution in [0.3, 0.4) is 0 Å². The van der Waals surface area contributed by atoms with Crippen LogP contribution in [0.4, 0.5) is 13.2 Å².